The molecule has 1 aliphatic rings. The maximum Gasteiger partial charge on any atom is 0.472 e. The zero-order valence-electron chi connectivity index (χ0n) is 38.6. The standard InChI is InChI=1S/C45H84O16P2/c1-4-5-19-25-37(46)29-30-41-40(42(48)31-43(41)49)26-21-17-18-23-28-45(51)61-39(35-60-63(55,56)59-33-38(47)32-58-62(52,53)54)34-57-44(50)27-22-16-14-12-10-8-6-7-9-11-13-15-20-24-36(2)3/h29-30,36-41,43,46-47,49H,4-28,31-35H2,1-3H3,(H,55,56)(H2,52,53,54)/b30-29+/t37-,38-,39+,40+,41+,43+/m0/s1. The number of ether oxygens (including phenoxy) is 2. The molecule has 0 bridgehead atoms. The van der Waals surface area contributed by atoms with Gasteiger partial charge in [0.2, 0.25) is 0 Å². The highest BCUT2D eigenvalue weighted by molar-refractivity contribution is 7.47. The van der Waals surface area contributed by atoms with Crippen LogP contribution in [-0.2, 0) is 46.6 Å². The molecule has 0 radical (unpaired) electrons. The van der Waals surface area contributed by atoms with Crippen molar-refractivity contribution in [1.82, 2.24) is 0 Å². The van der Waals surface area contributed by atoms with Gasteiger partial charge in [0.15, 0.2) is 6.10 Å². The van der Waals surface area contributed by atoms with Crippen LogP contribution < -0.4 is 0 Å². The number of phosphoric ester groups is 2. The summed E-state index contributed by atoms with van der Waals surface area (Å²) in [5.74, 6) is -1.07. The van der Waals surface area contributed by atoms with Crippen LogP contribution in [0.2, 0.25) is 0 Å². The number of aliphatic hydroxyl groups excluding tert-OH is 3. The molecule has 0 aromatic heterocycles. The molecule has 0 spiro atoms. The molecule has 1 fully saturated rings. The van der Waals surface area contributed by atoms with E-state index < -0.39 is 78.4 Å². The predicted molar refractivity (Wildman–Crippen MR) is 240 cm³/mol. The van der Waals surface area contributed by atoms with E-state index in [2.05, 4.69) is 29.8 Å². The van der Waals surface area contributed by atoms with E-state index in [0.717, 1.165) is 44.4 Å². The van der Waals surface area contributed by atoms with Crippen molar-refractivity contribution >= 4 is 33.4 Å². The highest BCUT2D eigenvalue weighted by Crippen LogP contribution is 2.44. The highest BCUT2D eigenvalue weighted by Gasteiger charge is 2.39. The number of carbonyl (C=O) groups excluding carboxylic acids is 3. The largest absolute Gasteiger partial charge is 0.472 e. The Balaban J connectivity index is 2.50. The second-order valence-corrected chi connectivity index (χ2v) is 20.3. The molecule has 0 aromatic rings. The Morgan fingerprint density at radius 1 is 0.683 bits per heavy atom. The third kappa shape index (κ3) is 33.6. The van der Waals surface area contributed by atoms with Crippen LogP contribution in [-0.4, -0.2) is 98.6 Å². The van der Waals surface area contributed by atoms with Gasteiger partial charge in [0.1, 0.15) is 18.5 Å². The molecule has 6 N–H and O–H groups in total. The minimum Gasteiger partial charge on any atom is -0.462 e. The number of hydrogen-bond donors (Lipinski definition) is 6. The first-order valence-corrected chi connectivity index (χ1v) is 26.9. The first-order chi connectivity index (χ1) is 29.9. The Morgan fingerprint density at radius 3 is 1.76 bits per heavy atom. The van der Waals surface area contributed by atoms with E-state index in [1.54, 1.807) is 12.2 Å². The second kappa shape index (κ2) is 35.6. The van der Waals surface area contributed by atoms with Crippen LogP contribution in [0.3, 0.4) is 0 Å². The van der Waals surface area contributed by atoms with E-state index in [1.807, 2.05) is 0 Å². The summed E-state index contributed by atoms with van der Waals surface area (Å²) in [6.45, 7) is 3.73. The first-order valence-electron chi connectivity index (χ1n) is 23.8. The molecule has 0 heterocycles. The molecule has 18 heteroatoms. The number of rotatable bonds is 41. The number of phosphoric acid groups is 2. The van der Waals surface area contributed by atoms with E-state index in [4.69, 9.17) is 23.8 Å². The lowest BCUT2D eigenvalue weighted by Crippen LogP contribution is -2.30. The fraction of sp³-hybridized carbons (Fsp3) is 0.889. The molecule has 1 unspecified atom stereocenters. The minimum absolute atomic E-state index is 0.00252. The Hall–Kier alpha value is -1.55. The van der Waals surface area contributed by atoms with Crippen LogP contribution in [0.15, 0.2) is 12.2 Å². The number of unbranched alkanes of at least 4 members (excludes halogenated alkanes) is 17. The third-order valence-corrected chi connectivity index (χ3v) is 12.7. The Morgan fingerprint density at radius 2 is 1.19 bits per heavy atom. The summed E-state index contributed by atoms with van der Waals surface area (Å²) < 4.78 is 47.9. The molecule has 0 amide bonds. The van der Waals surface area contributed by atoms with Crippen molar-refractivity contribution < 1.29 is 76.6 Å². The van der Waals surface area contributed by atoms with Crippen LogP contribution in [0.5, 0.6) is 0 Å². The molecule has 63 heavy (non-hydrogen) atoms. The fourth-order valence-electron chi connectivity index (χ4n) is 7.55. The number of hydrogen-bond acceptors (Lipinski definition) is 13. The summed E-state index contributed by atoms with van der Waals surface area (Å²) in [6, 6.07) is 0. The van der Waals surface area contributed by atoms with Crippen LogP contribution in [0, 0.1) is 17.8 Å². The summed E-state index contributed by atoms with van der Waals surface area (Å²) in [5.41, 5.74) is 0. The SMILES string of the molecule is CCCCC[C@H](O)/C=C/[C@H]1[C@H](O)CC(=O)[C@@H]1CCCCCCC(=O)O[C@H](COC(=O)CCCCCCCCCCCCCCCC(C)C)COP(=O)(O)OC[C@@H](O)COP(=O)(O)O. The van der Waals surface area contributed by atoms with Gasteiger partial charge in [0, 0.05) is 31.1 Å². The molecular weight excluding hydrogens is 858 g/mol. The average molecular weight is 943 g/mol. The lowest BCUT2D eigenvalue weighted by atomic mass is 9.88. The zero-order chi connectivity index (χ0) is 46.9. The number of esters is 2. The number of carbonyl (C=O) groups is 3. The topological polar surface area (TPSA) is 253 Å². The Kier molecular flexibility index (Phi) is 33.6. The molecule has 370 valence electrons. The molecule has 1 saturated carbocycles. The monoisotopic (exact) mass is 943 g/mol. The smallest absolute Gasteiger partial charge is 0.462 e. The lowest BCUT2D eigenvalue weighted by Gasteiger charge is -2.20. The van der Waals surface area contributed by atoms with Crippen LogP contribution in [0.25, 0.3) is 0 Å². The summed E-state index contributed by atoms with van der Waals surface area (Å²) in [7, 11) is -9.77. The number of aliphatic hydroxyl groups is 3. The average Bonchev–Trinajstić information content (AvgIpc) is 3.49. The van der Waals surface area contributed by atoms with Gasteiger partial charge >= 0.3 is 27.6 Å². The van der Waals surface area contributed by atoms with Crippen molar-refractivity contribution in [2.45, 2.75) is 212 Å². The van der Waals surface area contributed by atoms with E-state index >= 15 is 0 Å². The van der Waals surface area contributed by atoms with Crippen molar-refractivity contribution in [3.05, 3.63) is 12.2 Å². The molecule has 16 nitrogen and oxygen atoms in total. The second-order valence-electron chi connectivity index (χ2n) is 17.6. The minimum atomic E-state index is -4.90. The first kappa shape index (κ1) is 59.5. The number of ketones is 1. The van der Waals surface area contributed by atoms with Crippen LogP contribution in [0.1, 0.15) is 188 Å². The fourth-order valence-corrected chi connectivity index (χ4v) is 8.70. The van der Waals surface area contributed by atoms with Crippen LogP contribution in [0.4, 0.5) is 0 Å². The van der Waals surface area contributed by atoms with Gasteiger partial charge in [-0.25, -0.2) is 9.13 Å². The Labute approximate surface area is 377 Å². The van der Waals surface area contributed by atoms with Gasteiger partial charge in [-0.05, 0) is 31.6 Å². The van der Waals surface area contributed by atoms with Crippen LogP contribution >= 0.6 is 15.6 Å². The van der Waals surface area contributed by atoms with Gasteiger partial charge in [-0.15, -0.1) is 0 Å². The predicted octanol–water partition coefficient (Wildman–Crippen LogP) is 8.96. The lowest BCUT2D eigenvalue weighted by molar-refractivity contribution is -0.161. The summed E-state index contributed by atoms with van der Waals surface area (Å²) in [5, 5.41) is 30.5. The summed E-state index contributed by atoms with van der Waals surface area (Å²) >= 11 is 0. The van der Waals surface area contributed by atoms with E-state index in [1.165, 1.54) is 64.2 Å². The molecule has 7 atom stereocenters. The maximum atomic E-state index is 12.8. The summed E-state index contributed by atoms with van der Waals surface area (Å²) in [4.78, 5) is 65.6. The van der Waals surface area contributed by atoms with Gasteiger partial charge in [0.25, 0.3) is 0 Å². The van der Waals surface area contributed by atoms with Gasteiger partial charge in [-0.3, -0.25) is 28.0 Å². The van der Waals surface area contributed by atoms with Gasteiger partial charge in [0.05, 0.1) is 32.0 Å². The highest BCUT2D eigenvalue weighted by atomic mass is 31.2. The number of Topliss-reactive ketones (excluding diaryl/α,β-unsaturated/α-hetero) is 1. The van der Waals surface area contributed by atoms with Crippen molar-refractivity contribution in [3.63, 3.8) is 0 Å². The molecule has 0 saturated heterocycles. The van der Waals surface area contributed by atoms with Crippen molar-refractivity contribution in [2.75, 3.05) is 26.4 Å². The zero-order valence-corrected chi connectivity index (χ0v) is 40.4. The van der Waals surface area contributed by atoms with Crippen molar-refractivity contribution in [1.29, 1.82) is 0 Å². The van der Waals surface area contributed by atoms with Gasteiger partial charge < -0.3 is 39.5 Å². The molecule has 0 aliphatic heterocycles. The van der Waals surface area contributed by atoms with Gasteiger partial charge in [-0.2, -0.15) is 0 Å². The van der Waals surface area contributed by atoms with E-state index in [9.17, 15) is 43.7 Å². The normalized spacial score (nSPS) is 19.4. The quantitative estimate of drug-likeness (QED) is 0.0145. The Bertz CT molecular complexity index is 1340. The maximum absolute atomic E-state index is 12.8. The van der Waals surface area contributed by atoms with Crippen molar-refractivity contribution in [2.24, 2.45) is 17.8 Å². The van der Waals surface area contributed by atoms with Gasteiger partial charge in [-0.1, -0.05) is 155 Å². The summed E-state index contributed by atoms with van der Waals surface area (Å²) in [6.07, 6.45) is 22.5. The molecule has 1 aliphatic carbocycles. The molecule has 1 rings (SSSR count). The molecule has 0 aromatic carbocycles. The van der Waals surface area contributed by atoms with E-state index in [-0.39, 0.29) is 36.9 Å². The van der Waals surface area contributed by atoms with E-state index in [0.29, 0.717) is 44.9 Å². The third-order valence-electron chi connectivity index (χ3n) is 11.2. The van der Waals surface area contributed by atoms with Crippen molar-refractivity contribution in [3.8, 4) is 0 Å². The molecular formula is C45H84O16P2.